The maximum absolute atomic E-state index is 13.3. The Morgan fingerprint density at radius 2 is 1.57 bits per heavy atom. The molecule has 4 rings (SSSR count). The summed E-state index contributed by atoms with van der Waals surface area (Å²) >= 11 is 0. The monoisotopic (exact) mass is 521 g/mol. The number of hydrogen-bond acceptors (Lipinski definition) is 6. The minimum Gasteiger partial charge on any atom is -0.476 e. The number of hydrogen-bond donors (Lipinski definition) is 0. The molecule has 2 aliphatic heterocycles. The number of piperazine rings is 1. The molecule has 1 atom stereocenters. The molecule has 1 unspecified atom stereocenters. The number of carbonyl (C=O) groups excluding carboxylic acids is 1. The van der Waals surface area contributed by atoms with Gasteiger partial charge in [-0.3, -0.25) is 9.10 Å². The predicted molar refractivity (Wildman–Crippen MR) is 134 cm³/mol. The van der Waals surface area contributed by atoms with Crippen molar-refractivity contribution in [2.45, 2.75) is 37.2 Å². The Balaban J connectivity index is 1.51. The van der Waals surface area contributed by atoms with Gasteiger partial charge in [0.15, 0.2) is 6.10 Å². The van der Waals surface area contributed by atoms with E-state index in [0.29, 0.717) is 11.4 Å². The van der Waals surface area contributed by atoms with Gasteiger partial charge in [-0.1, -0.05) is 45.0 Å². The Hall–Kier alpha value is -2.63. The number of amides is 1. The zero-order chi connectivity index (χ0) is 25.6. The second-order valence-corrected chi connectivity index (χ2v) is 13.7. The van der Waals surface area contributed by atoms with Gasteiger partial charge in [0.25, 0.3) is 5.91 Å². The summed E-state index contributed by atoms with van der Waals surface area (Å²) < 4.78 is 59.5. The van der Waals surface area contributed by atoms with Crippen molar-refractivity contribution in [3.63, 3.8) is 0 Å². The maximum atomic E-state index is 13.3. The number of sulfonamides is 2. The van der Waals surface area contributed by atoms with Crippen LogP contribution in [0.25, 0.3) is 0 Å². The summed E-state index contributed by atoms with van der Waals surface area (Å²) in [6.45, 7) is 6.65. The number of benzene rings is 2. The van der Waals surface area contributed by atoms with Gasteiger partial charge in [-0.2, -0.15) is 4.31 Å². The minimum atomic E-state index is -3.66. The Labute approximate surface area is 207 Å². The van der Waals surface area contributed by atoms with Crippen LogP contribution in [0.5, 0.6) is 5.75 Å². The average molecular weight is 522 g/mol. The smallest absolute Gasteiger partial charge is 0.265 e. The minimum absolute atomic E-state index is 0.138. The highest BCUT2D eigenvalue weighted by molar-refractivity contribution is 7.92. The summed E-state index contributed by atoms with van der Waals surface area (Å²) in [5, 5.41) is 0. The second-order valence-electron chi connectivity index (χ2n) is 9.88. The highest BCUT2D eigenvalue weighted by Crippen LogP contribution is 2.39. The van der Waals surface area contributed by atoms with Crippen molar-refractivity contribution in [2.24, 2.45) is 0 Å². The van der Waals surface area contributed by atoms with Crippen LogP contribution in [0, 0.1) is 0 Å². The van der Waals surface area contributed by atoms with Gasteiger partial charge >= 0.3 is 0 Å². The first-order valence-electron chi connectivity index (χ1n) is 11.4. The molecule has 1 fully saturated rings. The Kier molecular flexibility index (Phi) is 6.62. The van der Waals surface area contributed by atoms with Crippen LogP contribution in [0.3, 0.4) is 0 Å². The van der Waals surface area contributed by atoms with Gasteiger partial charge in [0.2, 0.25) is 20.0 Å². The molecule has 2 aromatic rings. The lowest BCUT2D eigenvalue weighted by molar-refractivity contribution is -0.139. The predicted octanol–water partition coefficient (Wildman–Crippen LogP) is 2.04. The summed E-state index contributed by atoms with van der Waals surface area (Å²) in [6.07, 6.45) is 0.0932. The number of nitrogens with zero attached hydrogens (tertiary/aromatic N) is 3. The standard InChI is InChI=1S/C24H31N3O6S2/c1-24(2,3)18-10-11-21-20(16-18)27(34(4,29)30)17-22(33-21)23(28)25-12-14-26(15-13-25)35(31,32)19-8-6-5-7-9-19/h5-11,16,22H,12-15,17H2,1-4H3. The van der Waals surface area contributed by atoms with E-state index in [0.717, 1.165) is 11.8 Å². The van der Waals surface area contributed by atoms with Crippen LogP contribution in [0.1, 0.15) is 26.3 Å². The summed E-state index contributed by atoms with van der Waals surface area (Å²) in [5.41, 5.74) is 1.18. The first-order valence-corrected chi connectivity index (χ1v) is 14.7. The van der Waals surface area contributed by atoms with E-state index in [1.165, 1.54) is 13.5 Å². The van der Waals surface area contributed by atoms with E-state index in [9.17, 15) is 21.6 Å². The molecule has 1 amide bonds. The zero-order valence-corrected chi connectivity index (χ0v) is 22.0. The molecule has 1 saturated heterocycles. The molecule has 2 aromatic carbocycles. The van der Waals surface area contributed by atoms with Crippen LogP contribution < -0.4 is 9.04 Å². The summed E-state index contributed by atoms with van der Waals surface area (Å²) in [6, 6.07) is 13.6. The molecule has 0 radical (unpaired) electrons. The van der Waals surface area contributed by atoms with Crippen molar-refractivity contribution in [3.05, 3.63) is 54.1 Å². The van der Waals surface area contributed by atoms with Gasteiger partial charge in [-0.25, -0.2) is 16.8 Å². The van der Waals surface area contributed by atoms with Crippen LogP contribution in [0.4, 0.5) is 5.69 Å². The largest absolute Gasteiger partial charge is 0.476 e. The fourth-order valence-corrected chi connectivity index (χ4v) is 6.60. The molecule has 2 aliphatic rings. The van der Waals surface area contributed by atoms with E-state index in [4.69, 9.17) is 4.74 Å². The van der Waals surface area contributed by atoms with Crippen molar-refractivity contribution >= 4 is 31.6 Å². The van der Waals surface area contributed by atoms with E-state index >= 15 is 0 Å². The Bertz CT molecular complexity index is 1310. The van der Waals surface area contributed by atoms with Crippen LogP contribution in [-0.2, 0) is 30.3 Å². The lowest BCUT2D eigenvalue weighted by atomic mass is 9.86. The number of anilines is 1. The van der Waals surface area contributed by atoms with Crippen LogP contribution in [0.15, 0.2) is 53.4 Å². The van der Waals surface area contributed by atoms with Gasteiger partial charge in [0.05, 0.1) is 23.4 Å². The lowest BCUT2D eigenvalue weighted by Gasteiger charge is -2.39. The molecule has 0 saturated carbocycles. The van der Waals surface area contributed by atoms with Crippen LogP contribution in [-0.4, -0.2) is 77.0 Å². The molecule has 0 aliphatic carbocycles. The fourth-order valence-electron chi connectivity index (χ4n) is 4.25. The topological polar surface area (TPSA) is 104 Å². The molecular formula is C24H31N3O6S2. The molecule has 9 nitrogen and oxygen atoms in total. The number of carbonyl (C=O) groups is 1. The van der Waals surface area contributed by atoms with Crippen molar-refractivity contribution in [1.82, 2.24) is 9.21 Å². The number of fused-ring (bicyclic) bond motifs is 1. The average Bonchev–Trinajstić information content (AvgIpc) is 2.82. The fraction of sp³-hybridized carbons (Fsp3) is 0.458. The van der Waals surface area contributed by atoms with E-state index in [2.05, 4.69) is 0 Å². The lowest BCUT2D eigenvalue weighted by Crippen LogP contribution is -2.56. The summed E-state index contributed by atoms with van der Waals surface area (Å²) in [7, 11) is -7.31. The van der Waals surface area contributed by atoms with E-state index in [1.54, 1.807) is 42.5 Å². The van der Waals surface area contributed by atoms with Crippen molar-refractivity contribution in [1.29, 1.82) is 0 Å². The highest BCUT2D eigenvalue weighted by Gasteiger charge is 2.39. The zero-order valence-electron chi connectivity index (χ0n) is 20.3. The molecular weight excluding hydrogens is 490 g/mol. The quantitative estimate of drug-likeness (QED) is 0.610. The molecule has 190 valence electrons. The normalized spacial score (nSPS) is 19.7. The maximum Gasteiger partial charge on any atom is 0.265 e. The van der Waals surface area contributed by atoms with Crippen LogP contribution in [0.2, 0.25) is 0 Å². The third-order valence-corrected chi connectivity index (χ3v) is 9.36. The van der Waals surface area contributed by atoms with Gasteiger partial charge in [0.1, 0.15) is 5.75 Å². The van der Waals surface area contributed by atoms with Crippen molar-refractivity contribution in [2.75, 3.05) is 43.3 Å². The molecule has 0 aromatic heterocycles. The Morgan fingerprint density at radius 1 is 0.943 bits per heavy atom. The second kappa shape index (κ2) is 9.11. The SMILES string of the molecule is CC(C)(C)c1ccc2c(c1)N(S(C)(=O)=O)CC(C(=O)N1CCN(S(=O)(=O)c3ccccc3)CC1)O2. The van der Waals surface area contributed by atoms with Gasteiger partial charge in [-0.05, 0) is 35.2 Å². The van der Waals surface area contributed by atoms with Gasteiger partial charge < -0.3 is 9.64 Å². The molecule has 2 heterocycles. The molecule has 0 bridgehead atoms. The van der Waals surface area contributed by atoms with Crippen molar-refractivity contribution in [3.8, 4) is 5.75 Å². The Morgan fingerprint density at radius 3 is 2.14 bits per heavy atom. The van der Waals surface area contributed by atoms with E-state index in [1.807, 2.05) is 26.8 Å². The number of rotatable bonds is 4. The van der Waals surface area contributed by atoms with E-state index in [-0.39, 0.29) is 48.9 Å². The first kappa shape index (κ1) is 25.5. The van der Waals surface area contributed by atoms with Gasteiger partial charge in [0, 0.05) is 26.2 Å². The highest BCUT2D eigenvalue weighted by atomic mass is 32.2. The molecule has 35 heavy (non-hydrogen) atoms. The van der Waals surface area contributed by atoms with Crippen LogP contribution >= 0.6 is 0 Å². The van der Waals surface area contributed by atoms with Crippen molar-refractivity contribution < 1.29 is 26.4 Å². The van der Waals surface area contributed by atoms with Gasteiger partial charge in [-0.15, -0.1) is 0 Å². The summed E-state index contributed by atoms with van der Waals surface area (Å²) in [5.74, 6) is -0.0285. The third-order valence-electron chi connectivity index (χ3n) is 6.30. The first-order chi connectivity index (χ1) is 16.3. The third kappa shape index (κ3) is 5.17. The molecule has 0 spiro atoms. The summed E-state index contributed by atoms with van der Waals surface area (Å²) in [4.78, 5) is 15.1. The number of ether oxygens (including phenoxy) is 1. The molecule has 11 heteroatoms. The van der Waals surface area contributed by atoms with E-state index < -0.39 is 26.2 Å². The molecule has 0 N–H and O–H groups in total.